The predicted octanol–water partition coefficient (Wildman–Crippen LogP) is 3.60. The summed E-state index contributed by atoms with van der Waals surface area (Å²) in [6, 6.07) is 0.498. The first kappa shape index (κ1) is 9.45. The van der Waals surface area contributed by atoms with Gasteiger partial charge in [-0.1, -0.05) is 11.6 Å². The SMILES string of the molecule is CC(C)(Cl)N=NC(C1CC1)C1CC1. The van der Waals surface area contributed by atoms with Crippen LogP contribution >= 0.6 is 11.6 Å². The van der Waals surface area contributed by atoms with E-state index in [2.05, 4.69) is 10.2 Å². The lowest BCUT2D eigenvalue weighted by atomic mass is 10.1. The summed E-state index contributed by atoms with van der Waals surface area (Å²) >= 11 is 5.97. The van der Waals surface area contributed by atoms with Gasteiger partial charge in [0.05, 0.1) is 6.04 Å². The smallest absolute Gasteiger partial charge is 0.149 e. The third-order valence-electron chi connectivity index (χ3n) is 2.64. The molecule has 2 aliphatic rings. The molecule has 0 aromatic rings. The van der Waals surface area contributed by atoms with E-state index in [1.807, 2.05) is 13.8 Å². The second-order valence-electron chi connectivity index (χ2n) is 4.79. The molecule has 0 amide bonds. The second-order valence-corrected chi connectivity index (χ2v) is 5.72. The van der Waals surface area contributed by atoms with Crippen LogP contribution in [0.1, 0.15) is 39.5 Å². The molecule has 0 aromatic heterocycles. The lowest BCUT2D eigenvalue weighted by Gasteiger charge is -2.12. The van der Waals surface area contributed by atoms with E-state index in [1.165, 1.54) is 25.7 Å². The van der Waals surface area contributed by atoms with Crippen LogP contribution in [0.3, 0.4) is 0 Å². The quantitative estimate of drug-likeness (QED) is 0.376. The molecule has 2 fully saturated rings. The van der Waals surface area contributed by atoms with Gasteiger partial charge in [-0.2, -0.15) is 10.2 Å². The normalized spacial score (nSPS) is 24.6. The van der Waals surface area contributed by atoms with Crippen molar-refractivity contribution in [2.24, 2.45) is 22.1 Å². The van der Waals surface area contributed by atoms with Crippen LogP contribution in [0.2, 0.25) is 0 Å². The lowest BCUT2D eigenvalue weighted by Crippen LogP contribution is -2.12. The molecular weight excluding hydrogens is 184 g/mol. The van der Waals surface area contributed by atoms with Gasteiger partial charge >= 0.3 is 0 Å². The van der Waals surface area contributed by atoms with Crippen molar-refractivity contribution in [3.63, 3.8) is 0 Å². The highest BCUT2D eigenvalue weighted by atomic mass is 35.5. The Bertz CT molecular complexity index is 199. The Balaban J connectivity index is 1.92. The molecule has 0 aliphatic heterocycles. The summed E-state index contributed by atoms with van der Waals surface area (Å²) in [6.07, 6.45) is 5.40. The molecule has 2 nitrogen and oxygen atoms in total. The van der Waals surface area contributed by atoms with Gasteiger partial charge in [0.25, 0.3) is 0 Å². The lowest BCUT2D eigenvalue weighted by molar-refractivity contribution is 0.486. The second kappa shape index (κ2) is 3.23. The Labute approximate surface area is 84.8 Å². The molecule has 2 rings (SSSR count). The van der Waals surface area contributed by atoms with Crippen LogP contribution in [0, 0.1) is 11.8 Å². The Hall–Kier alpha value is -0.110. The molecule has 0 heterocycles. The highest BCUT2D eigenvalue weighted by Gasteiger charge is 2.42. The van der Waals surface area contributed by atoms with Crippen molar-refractivity contribution >= 4 is 11.6 Å². The zero-order chi connectivity index (χ0) is 9.47. The number of nitrogens with zero attached hydrogens (tertiary/aromatic N) is 2. The Morgan fingerprint density at radius 3 is 1.92 bits per heavy atom. The van der Waals surface area contributed by atoms with E-state index < -0.39 is 5.00 Å². The van der Waals surface area contributed by atoms with Crippen molar-refractivity contribution < 1.29 is 0 Å². The molecular formula is C10H17ClN2. The molecule has 0 atom stereocenters. The van der Waals surface area contributed by atoms with Gasteiger partial charge in [-0.25, -0.2) is 0 Å². The first-order valence-corrected chi connectivity index (χ1v) is 5.55. The van der Waals surface area contributed by atoms with Gasteiger partial charge in [0.15, 0.2) is 0 Å². The molecule has 0 spiro atoms. The number of azo groups is 1. The summed E-state index contributed by atoms with van der Waals surface area (Å²) in [4.78, 5) is -0.512. The highest BCUT2D eigenvalue weighted by molar-refractivity contribution is 6.23. The first-order valence-electron chi connectivity index (χ1n) is 5.17. The molecule has 74 valence electrons. The zero-order valence-corrected chi connectivity index (χ0v) is 9.09. The molecule has 2 aliphatic carbocycles. The van der Waals surface area contributed by atoms with E-state index in [-0.39, 0.29) is 0 Å². The van der Waals surface area contributed by atoms with Gasteiger partial charge in [0.1, 0.15) is 5.00 Å². The van der Waals surface area contributed by atoms with Crippen LogP contribution in [-0.4, -0.2) is 11.0 Å². The Kier molecular flexibility index (Phi) is 2.35. The number of hydrogen-bond donors (Lipinski definition) is 0. The molecule has 0 unspecified atom stereocenters. The maximum absolute atomic E-state index is 5.97. The van der Waals surface area contributed by atoms with Crippen LogP contribution in [-0.2, 0) is 0 Å². The van der Waals surface area contributed by atoms with Gasteiger partial charge in [-0.15, -0.1) is 0 Å². The van der Waals surface area contributed by atoms with E-state index in [0.717, 1.165) is 11.8 Å². The first-order chi connectivity index (χ1) is 6.06. The number of alkyl halides is 1. The van der Waals surface area contributed by atoms with E-state index in [4.69, 9.17) is 11.6 Å². The maximum atomic E-state index is 5.97. The minimum absolute atomic E-state index is 0.498. The average Bonchev–Trinajstić information content (AvgIpc) is 2.80. The summed E-state index contributed by atoms with van der Waals surface area (Å²) in [5, 5.41) is 8.58. The van der Waals surface area contributed by atoms with Gasteiger partial charge < -0.3 is 0 Å². The minimum Gasteiger partial charge on any atom is -0.188 e. The minimum atomic E-state index is -0.512. The van der Waals surface area contributed by atoms with Crippen LogP contribution in [0.4, 0.5) is 0 Å². The summed E-state index contributed by atoms with van der Waals surface area (Å²) in [5.41, 5.74) is 0. The number of hydrogen-bond acceptors (Lipinski definition) is 2. The van der Waals surface area contributed by atoms with Crippen molar-refractivity contribution in [2.45, 2.75) is 50.6 Å². The largest absolute Gasteiger partial charge is 0.188 e. The van der Waals surface area contributed by atoms with Crippen LogP contribution in [0.25, 0.3) is 0 Å². The van der Waals surface area contributed by atoms with Crippen molar-refractivity contribution in [1.82, 2.24) is 0 Å². The van der Waals surface area contributed by atoms with E-state index >= 15 is 0 Å². The van der Waals surface area contributed by atoms with Gasteiger partial charge in [0.2, 0.25) is 0 Å². The van der Waals surface area contributed by atoms with E-state index in [0.29, 0.717) is 6.04 Å². The highest BCUT2D eigenvalue weighted by Crippen LogP contribution is 2.46. The van der Waals surface area contributed by atoms with E-state index in [1.54, 1.807) is 0 Å². The molecule has 13 heavy (non-hydrogen) atoms. The fraction of sp³-hybridized carbons (Fsp3) is 1.00. The monoisotopic (exact) mass is 200 g/mol. The van der Waals surface area contributed by atoms with Gasteiger partial charge in [-0.05, 0) is 51.4 Å². The molecule has 0 saturated heterocycles. The molecule has 0 bridgehead atoms. The standard InChI is InChI=1S/C10H17ClN2/c1-10(2,11)13-12-9(7-3-4-7)8-5-6-8/h7-9H,3-6H2,1-2H3. The maximum Gasteiger partial charge on any atom is 0.149 e. The van der Waals surface area contributed by atoms with Gasteiger partial charge in [-0.3, -0.25) is 0 Å². The summed E-state index contributed by atoms with van der Waals surface area (Å²) < 4.78 is 0. The van der Waals surface area contributed by atoms with Crippen molar-refractivity contribution in [1.29, 1.82) is 0 Å². The third-order valence-corrected chi connectivity index (χ3v) is 2.71. The fourth-order valence-electron chi connectivity index (χ4n) is 1.65. The number of rotatable bonds is 4. The van der Waals surface area contributed by atoms with Crippen molar-refractivity contribution in [2.75, 3.05) is 0 Å². The molecule has 0 radical (unpaired) electrons. The molecule has 0 N–H and O–H groups in total. The summed E-state index contributed by atoms with van der Waals surface area (Å²) in [6.45, 7) is 3.77. The van der Waals surface area contributed by atoms with Crippen molar-refractivity contribution in [3.05, 3.63) is 0 Å². The summed E-state index contributed by atoms with van der Waals surface area (Å²) in [5.74, 6) is 1.66. The predicted molar refractivity (Wildman–Crippen MR) is 54.0 cm³/mol. The van der Waals surface area contributed by atoms with Crippen molar-refractivity contribution in [3.8, 4) is 0 Å². The summed E-state index contributed by atoms with van der Waals surface area (Å²) in [7, 11) is 0. The third kappa shape index (κ3) is 2.94. The molecule has 2 saturated carbocycles. The molecule has 0 aromatic carbocycles. The fourth-order valence-corrected chi connectivity index (χ4v) is 1.70. The topological polar surface area (TPSA) is 24.7 Å². The van der Waals surface area contributed by atoms with Gasteiger partial charge in [0, 0.05) is 0 Å². The van der Waals surface area contributed by atoms with Crippen LogP contribution in [0.5, 0.6) is 0 Å². The average molecular weight is 201 g/mol. The number of halogens is 1. The zero-order valence-electron chi connectivity index (χ0n) is 8.33. The van der Waals surface area contributed by atoms with E-state index in [9.17, 15) is 0 Å². The van der Waals surface area contributed by atoms with Crippen LogP contribution in [0.15, 0.2) is 10.2 Å². The molecule has 3 heteroatoms. The Morgan fingerprint density at radius 1 is 1.15 bits per heavy atom. The Morgan fingerprint density at radius 2 is 1.62 bits per heavy atom. The van der Waals surface area contributed by atoms with Crippen LogP contribution < -0.4 is 0 Å².